The van der Waals surface area contributed by atoms with Crippen molar-refractivity contribution in [1.29, 1.82) is 5.41 Å². The van der Waals surface area contributed by atoms with Crippen LogP contribution in [0.3, 0.4) is 0 Å². The molecule has 0 radical (unpaired) electrons. The van der Waals surface area contributed by atoms with Crippen molar-refractivity contribution in [1.82, 2.24) is 10.2 Å². The van der Waals surface area contributed by atoms with Crippen molar-refractivity contribution in [3.63, 3.8) is 0 Å². The van der Waals surface area contributed by atoms with Gasteiger partial charge in [0.2, 0.25) is 0 Å². The quantitative estimate of drug-likeness (QED) is 0.427. The van der Waals surface area contributed by atoms with Crippen LogP contribution in [0.1, 0.15) is 13.3 Å². The lowest BCUT2D eigenvalue weighted by molar-refractivity contribution is -0.00902. The Labute approximate surface area is 103 Å². The number of hydrogen-bond acceptors (Lipinski definition) is 3. The Morgan fingerprint density at radius 3 is 2.76 bits per heavy atom. The van der Waals surface area contributed by atoms with Gasteiger partial charge in [0.25, 0.3) is 0 Å². The van der Waals surface area contributed by atoms with Gasteiger partial charge in [-0.1, -0.05) is 18.2 Å². The number of hydrogen-bond donors (Lipinski definition) is 2. The maximum absolute atomic E-state index is 7.96. The van der Waals surface area contributed by atoms with E-state index in [1.165, 1.54) is 6.42 Å². The number of ether oxygens (including phenoxy) is 1. The van der Waals surface area contributed by atoms with Crippen LogP contribution >= 0.6 is 0 Å². The molecule has 0 saturated carbocycles. The summed E-state index contributed by atoms with van der Waals surface area (Å²) in [6.07, 6.45) is 4.90. The average Bonchev–Trinajstić information content (AvgIpc) is 2.17. The summed E-state index contributed by atoms with van der Waals surface area (Å²) >= 11 is 0. The molecular weight excluding hydrogens is 214 g/mol. The predicted molar refractivity (Wildman–Crippen MR) is 69.4 cm³/mol. The second-order valence-corrected chi connectivity index (χ2v) is 4.84. The number of likely N-dealkylation sites (tertiary alicyclic amines) is 1. The molecule has 0 amide bonds. The third kappa shape index (κ3) is 3.17. The highest BCUT2D eigenvalue weighted by atomic mass is 16.5. The van der Waals surface area contributed by atoms with Crippen LogP contribution in [0.2, 0.25) is 0 Å². The standard InChI is InChI=1S/C13H21N3O/c1-10(2)3-4-13(14)16-6-5-12(16)7-15-11-8-17-9-11/h3-4,11-12,14-15H,1,5-9H2,2H3/b4-3-,14-13?/t12-/m0/s1. The number of nitrogens with one attached hydrogen (secondary N) is 2. The number of rotatable bonds is 5. The molecule has 0 aromatic carbocycles. The van der Waals surface area contributed by atoms with Crippen molar-refractivity contribution in [3.8, 4) is 0 Å². The molecule has 2 N–H and O–H groups in total. The van der Waals surface area contributed by atoms with Crippen LogP contribution in [0.5, 0.6) is 0 Å². The smallest absolute Gasteiger partial charge is 0.120 e. The molecule has 0 unspecified atom stereocenters. The van der Waals surface area contributed by atoms with E-state index in [1.807, 2.05) is 19.1 Å². The Kier molecular flexibility index (Phi) is 3.97. The average molecular weight is 235 g/mol. The molecule has 2 heterocycles. The van der Waals surface area contributed by atoms with Crippen molar-refractivity contribution in [2.24, 2.45) is 0 Å². The number of allylic oxidation sites excluding steroid dienone is 2. The summed E-state index contributed by atoms with van der Waals surface area (Å²) < 4.78 is 5.12. The van der Waals surface area contributed by atoms with Gasteiger partial charge in [0, 0.05) is 19.1 Å². The van der Waals surface area contributed by atoms with Crippen LogP contribution in [0.15, 0.2) is 24.3 Å². The number of amidine groups is 1. The van der Waals surface area contributed by atoms with E-state index < -0.39 is 0 Å². The minimum atomic E-state index is 0.470. The van der Waals surface area contributed by atoms with Crippen molar-refractivity contribution >= 4 is 5.84 Å². The molecule has 2 aliphatic heterocycles. The minimum Gasteiger partial charge on any atom is -0.378 e. The van der Waals surface area contributed by atoms with E-state index in [9.17, 15) is 0 Å². The van der Waals surface area contributed by atoms with Crippen LogP contribution in [-0.2, 0) is 4.74 Å². The molecule has 2 rings (SSSR count). The molecule has 1 atom stereocenters. The SMILES string of the molecule is C=C(C)/C=C\C(=N)N1CC[C@H]1CNC1COC1. The van der Waals surface area contributed by atoms with Crippen LogP contribution in [0, 0.1) is 5.41 Å². The maximum atomic E-state index is 7.96. The van der Waals surface area contributed by atoms with Crippen molar-refractivity contribution in [2.45, 2.75) is 25.4 Å². The molecular formula is C13H21N3O. The highest BCUT2D eigenvalue weighted by Gasteiger charge is 2.30. The van der Waals surface area contributed by atoms with E-state index >= 15 is 0 Å². The van der Waals surface area contributed by atoms with Crippen molar-refractivity contribution in [3.05, 3.63) is 24.3 Å². The molecule has 2 saturated heterocycles. The first-order valence-electron chi connectivity index (χ1n) is 6.16. The van der Waals surface area contributed by atoms with E-state index in [1.54, 1.807) is 0 Å². The molecule has 0 spiro atoms. The fourth-order valence-corrected chi connectivity index (χ4v) is 1.94. The Morgan fingerprint density at radius 1 is 1.53 bits per heavy atom. The molecule has 17 heavy (non-hydrogen) atoms. The largest absolute Gasteiger partial charge is 0.378 e. The summed E-state index contributed by atoms with van der Waals surface area (Å²) in [4.78, 5) is 2.13. The van der Waals surface area contributed by atoms with E-state index in [-0.39, 0.29) is 0 Å². The monoisotopic (exact) mass is 235 g/mol. The van der Waals surface area contributed by atoms with Crippen LogP contribution in [0.25, 0.3) is 0 Å². The van der Waals surface area contributed by atoms with Gasteiger partial charge in [-0.3, -0.25) is 5.41 Å². The molecule has 0 aromatic rings. The summed E-state index contributed by atoms with van der Waals surface area (Å²) in [6, 6.07) is 0.996. The Hall–Kier alpha value is -1.13. The molecule has 94 valence electrons. The molecule has 4 heteroatoms. The lowest BCUT2D eigenvalue weighted by Crippen LogP contribution is -2.58. The first kappa shape index (κ1) is 12.3. The highest BCUT2D eigenvalue weighted by molar-refractivity contribution is 5.91. The van der Waals surface area contributed by atoms with Crippen LogP contribution in [0.4, 0.5) is 0 Å². The van der Waals surface area contributed by atoms with Crippen LogP contribution in [-0.4, -0.2) is 49.1 Å². The van der Waals surface area contributed by atoms with E-state index in [4.69, 9.17) is 10.1 Å². The minimum absolute atomic E-state index is 0.470. The molecule has 0 aromatic heterocycles. The van der Waals surface area contributed by atoms with Gasteiger partial charge in [-0.15, -0.1) is 0 Å². The fraction of sp³-hybridized carbons (Fsp3) is 0.615. The normalized spacial score (nSPS) is 24.5. The second-order valence-electron chi connectivity index (χ2n) is 4.84. The van der Waals surface area contributed by atoms with Gasteiger partial charge in [0.15, 0.2) is 0 Å². The molecule has 0 bridgehead atoms. The summed E-state index contributed by atoms with van der Waals surface area (Å²) in [5, 5.41) is 11.4. The van der Waals surface area contributed by atoms with Gasteiger partial charge in [0.1, 0.15) is 5.84 Å². The van der Waals surface area contributed by atoms with Crippen molar-refractivity contribution < 1.29 is 4.74 Å². The maximum Gasteiger partial charge on any atom is 0.120 e. The zero-order valence-corrected chi connectivity index (χ0v) is 10.4. The van der Waals surface area contributed by atoms with Gasteiger partial charge >= 0.3 is 0 Å². The lowest BCUT2D eigenvalue weighted by Gasteiger charge is -2.43. The van der Waals surface area contributed by atoms with Gasteiger partial charge in [0.05, 0.1) is 19.3 Å². The second kappa shape index (κ2) is 5.47. The van der Waals surface area contributed by atoms with Crippen LogP contribution < -0.4 is 5.32 Å². The Balaban J connectivity index is 1.73. The van der Waals surface area contributed by atoms with E-state index in [0.29, 0.717) is 17.9 Å². The molecule has 4 nitrogen and oxygen atoms in total. The van der Waals surface area contributed by atoms with E-state index in [0.717, 1.165) is 31.9 Å². The molecule has 0 aliphatic carbocycles. The first-order valence-corrected chi connectivity index (χ1v) is 6.16. The zero-order valence-electron chi connectivity index (χ0n) is 10.4. The fourth-order valence-electron chi connectivity index (χ4n) is 1.94. The third-order valence-corrected chi connectivity index (χ3v) is 3.26. The summed E-state index contributed by atoms with van der Waals surface area (Å²) in [5.74, 6) is 0.593. The zero-order chi connectivity index (χ0) is 12.3. The summed E-state index contributed by atoms with van der Waals surface area (Å²) in [7, 11) is 0. The van der Waals surface area contributed by atoms with Gasteiger partial charge in [-0.05, 0) is 19.4 Å². The van der Waals surface area contributed by atoms with E-state index in [2.05, 4.69) is 16.8 Å². The first-order chi connectivity index (χ1) is 8.16. The summed E-state index contributed by atoms with van der Waals surface area (Å²) in [6.45, 7) is 9.35. The molecule has 2 fully saturated rings. The Morgan fingerprint density at radius 2 is 2.29 bits per heavy atom. The summed E-state index contributed by atoms with van der Waals surface area (Å²) in [5.41, 5.74) is 0.983. The topological polar surface area (TPSA) is 48.4 Å². The predicted octanol–water partition coefficient (Wildman–Crippen LogP) is 1.16. The van der Waals surface area contributed by atoms with Gasteiger partial charge < -0.3 is 15.0 Å². The molecule has 2 aliphatic rings. The van der Waals surface area contributed by atoms with Gasteiger partial charge in [-0.25, -0.2) is 0 Å². The lowest BCUT2D eigenvalue weighted by atomic mass is 10.0. The third-order valence-electron chi connectivity index (χ3n) is 3.26. The highest BCUT2D eigenvalue weighted by Crippen LogP contribution is 2.18. The van der Waals surface area contributed by atoms with Gasteiger partial charge in [-0.2, -0.15) is 0 Å². The number of nitrogens with zero attached hydrogens (tertiary/aromatic N) is 1. The van der Waals surface area contributed by atoms with Crippen molar-refractivity contribution in [2.75, 3.05) is 26.3 Å². The Bertz CT molecular complexity index is 334.